The number of aromatic nitrogens is 1. The van der Waals surface area contributed by atoms with E-state index in [2.05, 4.69) is 9.88 Å². The molecule has 8 heteroatoms. The molecule has 0 spiro atoms. The van der Waals surface area contributed by atoms with Crippen LogP contribution in [0.1, 0.15) is 5.89 Å². The summed E-state index contributed by atoms with van der Waals surface area (Å²) in [6, 6.07) is 13.9. The van der Waals surface area contributed by atoms with Gasteiger partial charge in [-0.05, 0) is 30.3 Å². The van der Waals surface area contributed by atoms with Crippen LogP contribution in [0.25, 0.3) is 11.1 Å². The fourth-order valence-electron chi connectivity index (χ4n) is 3.08. The molecule has 2 aromatic carbocycles. The molecule has 2 heterocycles. The van der Waals surface area contributed by atoms with Gasteiger partial charge in [-0.25, -0.2) is 13.4 Å². The van der Waals surface area contributed by atoms with Gasteiger partial charge in [-0.15, -0.1) is 0 Å². The Hall–Kier alpha value is -1.93. The summed E-state index contributed by atoms with van der Waals surface area (Å²) in [5.41, 5.74) is 1.44. The first-order valence-electron chi connectivity index (χ1n) is 8.35. The van der Waals surface area contributed by atoms with E-state index in [1.54, 1.807) is 42.5 Å². The third-order valence-electron chi connectivity index (χ3n) is 4.47. The van der Waals surface area contributed by atoms with Crippen LogP contribution in [0.5, 0.6) is 0 Å². The number of hydrogen-bond acceptors (Lipinski definition) is 5. The summed E-state index contributed by atoms with van der Waals surface area (Å²) < 4.78 is 32.6. The average molecular weight is 392 g/mol. The van der Waals surface area contributed by atoms with Crippen LogP contribution < -0.4 is 0 Å². The molecule has 0 aliphatic carbocycles. The monoisotopic (exact) mass is 391 g/mol. The number of halogens is 1. The van der Waals surface area contributed by atoms with Crippen molar-refractivity contribution >= 4 is 32.7 Å². The van der Waals surface area contributed by atoms with Gasteiger partial charge in [-0.2, -0.15) is 4.31 Å². The Labute approximate surface area is 157 Å². The van der Waals surface area contributed by atoms with Gasteiger partial charge in [0.15, 0.2) is 5.58 Å². The van der Waals surface area contributed by atoms with Crippen LogP contribution in [0.4, 0.5) is 0 Å². The fraction of sp³-hybridized carbons (Fsp3) is 0.278. The van der Waals surface area contributed by atoms with Crippen molar-refractivity contribution in [3.8, 4) is 0 Å². The first-order valence-corrected chi connectivity index (χ1v) is 10.2. The maximum absolute atomic E-state index is 12.7. The second-order valence-electron chi connectivity index (χ2n) is 6.21. The predicted molar refractivity (Wildman–Crippen MR) is 99.5 cm³/mol. The molecule has 3 aromatic rings. The quantitative estimate of drug-likeness (QED) is 0.684. The maximum Gasteiger partial charge on any atom is 0.243 e. The van der Waals surface area contributed by atoms with E-state index in [9.17, 15) is 8.42 Å². The minimum Gasteiger partial charge on any atom is -0.439 e. The number of fused-ring (bicyclic) bond motifs is 1. The molecule has 0 saturated carbocycles. The molecule has 1 fully saturated rings. The van der Waals surface area contributed by atoms with Crippen molar-refractivity contribution in [1.82, 2.24) is 14.2 Å². The van der Waals surface area contributed by atoms with Crippen molar-refractivity contribution in [3.05, 3.63) is 59.4 Å². The Kier molecular flexibility index (Phi) is 4.71. The van der Waals surface area contributed by atoms with E-state index in [1.807, 2.05) is 6.07 Å². The first-order chi connectivity index (χ1) is 12.5. The van der Waals surface area contributed by atoms with Gasteiger partial charge in [0, 0.05) is 31.2 Å². The topological polar surface area (TPSA) is 66.7 Å². The lowest BCUT2D eigenvalue weighted by Crippen LogP contribution is -2.48. The molecule has 0 unspecified atom stereocenters. The summed E-state index contributed by atoms with van der Waals surface area (Å²) in [6.07, 6.45) is 0. The van der Waals surface area contributed by atoms with Crippen molar-refractivity contribution in [1.29, 1.82) is 0 Å². The molecule has 0 N–H and O–H groups in total. The number of benzene rings is 2. The molecule has 0 amide bonds. The minimum absolute atomic E-state index is 0.337. The van der Waals surface area contributed by atoms with Gasteiger partial charge in [-0.1, -0.05) is 29.8 Å². The molecule has 1 aromatic heterocycles. The van der Waals surface area contributed by atoms with Crippen LogP contribution in [0.2, 0.25) is 5.02 Å². The second-order valence-corrected chi connectivity index (χ2v) is 8.59. The average Bonchev–Trinajstić information content (AvgIpc) is 3.04. The van der Waals surface area contributed by atoms with Gasteiger partial charge >= 0.3 is 0 Å². The van der Waals surface area contributed by atoms with Gasteiger partial charge in [0.2, 0.25) is 15.9 Å². The number of oxazole rings is 1. The van der Waals surface area contributed by atoms with Crippen LogP contribution in [0, 0.1) is 0 Å². The smallest absolute Gasteiger partial charge is 0.243 e. The van der Waals surface area contributed by atoms with E-state index < -0.39 is 10.0 Å². The molecular formula is C18H18ClN3O3S. The molecule has 4 rings (SSSR count). The highest BCUT2D eigenvalue weighted by Crippen LogP contribution is 2.22. The van der Waals surface area contributed by atoms with Crippen molar-refractivity contribution in [3.63, 3.8) is 0 Å². The maximum atomic E-state index is 12.7. The van der Waals surface area contributed by atoms with E-state index in [4.69, 9.17) is 16.0 Å². The summed E-state index contributed by atoms with van der Waals surface area (Å²) in [5, 5.41) is 0.622. The second kappa shape index (κ2) is 7.00. The molecule has 0 bridgehead atoms. The largest absolute Gasteiger partial charge is 0.439 e. The molecule has 0 radical (unpaired) electrons. The molecule has 26 heavy (non-hydrogen) atoms. The number of rotatable bonds is 4. The number of hydrogen-bond donors (Lipinski definition) is 0. The van der Waals surface area contributed by atoms with Crippen LogP contribution in [0.15, 0.2) is 57.8 Å². The summed E-state index contributed by atoms with van der Waals surface area (Å²) >= 11 is 5.97. The molecule has 1 saturated heterocycles. The van der Waals surface area contributed by atoms with Crippen LogP contribution in [0.3, 0.4) is 0 Å². The van der Waals surface area contributed by atoms with Crippen LogP contribution in [-0.2, 0) is 16.6 Å². The van der Waals surface area contributed by atoms with E-state index in [0.29, 0.717) is 54.1 Å². The fourth-order valence-corrected chi connectivity index (χ4v) is 4.69. The van der Waals surface area contributed by atoms with Crippen molar-refractivity contribution < 1.29 is 12.8 Å². The highest BCUT2D eigenvalue weighted by atomic mass is 35.5. The minimum atomic E-state index is -3.43. The lowest BCUT2D eigenvalue weighted by molar-refractivity contribution is 0.169. The van der Waals surface area contributed by atoms with Gasteiger partial charge in [0.1, 0.15) is 5.52 Å². The summed E-state index contributed by atoms with van der Waals surface area (Å²) in [6.45, 7) is 2.70. The van der Waals surface area contributed by atoms with Crippen molar-refractivity contribution in [2.75, 3.05) is 26.2 Å². The Morgan fingerprint density at radius 3 is 2.50 bits per heavy atom. The van der Waals surface area contributed by atoms with E-state index in [0.717, 1.165) is 5.52 Å². The van der Waals surface area contributed by atoms with Gasteiger partial charge in [0.05, 0.1) is 11.4 Å². The zero-order chi connectivity index (χ0) is 18.1. The number of sulfonamides is 1. The van der Waals surface area contributed by atoms with Gasteiger partial charge in [-0.3, -0.25) is 4.90 Å². The zero-order valence-electron chi connectivity index (χ0n) is 14.0. The highest BCUT2D eigenvalue weighted by molar-refractivity contribution is 7.89. The molecule has 1 aliphatic rings. The van der Waals surface area contributed by atoms with Crippen molar-refractivity contribution in [2.45, 2.75) is 11.4 Å². The normalized spacial score (nSPS) is 17.0. The number of piperazine rings is 1. The summed E-state index contributed by atoms with van der Waals surface area (Å²) in [4.78, 5) is 6.94. The summed E-state index contributed by atoms with van der Waals surface area (Å²) in [7, 11) is -3.43. The molecule has 1 aliphatic heterocycles. The highest BCUT2D eigenvalue weighted by Gasteiger charge is 2.28. The Balaban J connectivity index is 1.41. The lowest BCUT2D eigenvalue weighted by atomic mass is 10.3. The van der Waals surface area contributed by atoms with Gasteiger partial charge < -0.3 is 4.42 Å². The van der Waals surface area contributed by atoms with Crippen molar-refractivity contribution in [2.24, 2.45) is 0 Å². The SMILES string of the molecule is O=S(=O)(c1ccccc1)N1CCN(Cc2nc3cc(Cl)ccc3o2)CC1. The summed E-state index contributed by atoms with van der Waals surface area (Å²) in [5.74, 6) is 0.613. The molecule has 0 atom stereocenters. The van der Waals surface area contributed by atoms with Crippen LogP contribution in [-0.4, -0.2) is 48.8 Å². The lowest BCUT2D eigenvalue weighted by Gasteiger charge is -2.33. The number of nitrogens with zero attached hydrogens (tertiary/aromatic N) is 3. The third-order valence-corrected chi connectivity index (χ3v) is 6.61. The van der Waals surface area contributed by atoms with E-state index >= 15 is 0 Å². The predicted octanol–water partition coefficient (Wildman–Crippen LogP) is 2.99. The molecule has 6 nitrogen and oxygen atoms in total. The van der Waals surface area contributed by atoms with E-state index in [1.165, 1.54) is 4.31 Å². The van der Waals surface area contributed by atoms with E-state index in [-0.39, 0.29) is 0 Å². The first kappa shape index (κ1) is 17.5. The third kappa shape index (κ3) is 3.48. The zero-order valence-corrected chi connectivity index (χ0v) is 15.6. The molecule has 136 valence electrons. The molecular weight excluding hydrogens is 374 g/mol. The van der Waals surface area contributed by atoms with Crippen LogP contribution >= 0.6 is 11.6 Å². The Morgan fingerprint density at radius 1 is 1.04 bits per heavy atom. The Morgan fingerprint density at radius 2 is 1.77 bits per heavy atom. The standard InChI is InChI=1S/C18H18ClN3O3S/c19-14-6-7-17-16(12-14)20-18(25-17)13-21-8-10-22(11-9-21)26(23,24)15-4-2-1-3-5-15/h1-7,12H,8-11,13H2. The Bertz CT molecular complexity index is 1010. The van der Waals surface area contributed by atoms with Gasteiger partial charge in [0.25, 0.3) is 0 Å².